The molecule has 21 heavy (non-hydrogen) atoms. The molecule has 0 unspecified atom stereocenters. The molecule has 2 rings (SSSR count). The molecule has 1 fully saturated rings. The molecule has 1 amide bonds. The van der Waals surface area contributed by atoms with E-state index in [1.807, 2.05) is 12.1 Å². The zero-order valence-corrected chi connectivity index (χ0v) is 14.0. The molecule has 0 saturated carbocycles. The van der Waals surface area contributed by atoms with Crippen LogP contribution in [0.2, 0.25) is 0 Å². The van der Waals surface area contributed by atoms with Crippen LogP contribution in [-0.2, 0) is 0 Å². The number of rotatable bonds is 3. The SMILES string of the molecule is COc1cc(SC(C)(C)C)ccc1OC(=O)N1CCCC1. The van der Waals surface area contributed by atoms with Crippen LogP contribution in [0.25, 0.3) is 0 Å². The Bertz CT molecular complexity index is 505. The number of methoxy groups -OCH3 is 1. The van der Waals surface area contributed by atoms with E-state index in [0.29, 0.717) is 11.5 Å². The van der Waals surface area contributed by atoms with Gasteiger partial charge in [0.1, 0.15) is 0 Å². The highest BCUT2D eigenvalue weighted by atomic mass is 32.2. The minimum Gasteiger partial charge on any atom is -0.493 e. The largest absolute Gasteiger partial charge is 0.493 e. The van der Waals surface area contributed by atoms with Crippen molar-refractivity contribution in [3.05, 3.63) is 18.2 Å². The molecule has 1 aromatic carbocycles. The fourth-order valence-corrected chi connectivity index (χ4v) is 3.22. The summed E-state index contributed by atoms with van der Waals surface area (Å²) in [6.45, 7) is 8.03. The van der Waals surface area contributed by atoms with Gasteiger partial charge in [-0.15, -0.1) is 11.8 Å². The van der Waals surface area contributed by atoms with Crippen LogP contribution < -0.4 is 9.47 Å². The molecule has 116 valence electrons. The first-order chi connectivity index (χ1) is 9.89. The molecular weight excluding hydrogens is 286 g/mol. The summed E-state index contributed by atoms with van der Waals surface area (Å²) in [6.07, 6.45) is 1.81. The summed E-state index contributed by atoms with van der Waals surface area (Å²) in [6, 6.07) is 5.69. The Morgan fingerprint density at radius 2 is 1.86 bits per heavy atom. The van der Waals surface area contributed by atoms with Crippen LogP contribution in [0.1, 0.15) is 33.6 Å². The van der Waals surface area contributed by atoms with Gasteiger partial charge >= 0.3 is 6.09 Å². The predicted molar refractivity (Wildman–Crippen MR) is 85.4 cm³/mol. The lowest BCUT2D eigenvalue weighted by atomic mass is 10.3. The summed E-state index contributed by atoms with van der Waals surface area (Å²) in [5.41, 5.74) is 0. The first-order valence-corrected chi connectivity index (χ1v) is 8.04. The molecule has 0 aliphatic carbocycles. The zero-order chi connectivity index (χ0) is 15.5. The number of amides is 1. The monoisotopic (exact) mass is 309 g/mol. The molecule has 0 spiro atoms. The molecule has 0 aromatic heterocycles. The van der Waals surface area contributed by atoms with Crippen LogP contribution in [0.5, 0.6) is 11.5 Å². The molecule has 5 heteroatoms. The summed E-state index contributed by atoms with van der Waals surface area (Å²) in [7, 11) is 1.59. The second kappa shape index (κ2) is 6.60. The van der Waals surface area contributed by atoms with Crippen molar-refractivity contribution in [1.29, 1.82) is 0 Å². The van der Waals surface area contributed by atoms with E-state index in [9.17, 15) is 4.79 Å². The van der Waals surface area contributed by atoms with Gasteiger partial charge in [-0.1, -0.05) is 20.8 Å². The van der Waals surface area contributed by atoms with Gasteiger partial charge in [0.2, 0.25) is 0 Å². The van der Waals surface area contributed by atoms with Crippen LogP contribution in [-0.4, -0.2) is 35.9 Å². The molecule has 0 N–H and O–H groups in total. The molecule has 1 aliphatic heterocycles. The molecule has 1 aliphatic rings. The maximum atomic E-state index is 12.0. The second-order valence-electron chi connectivity index (χ2n) is 6.09. The molecular formula is C16H23NO3S. The van der Waals surface area contributed by atoms with E-state index in [1.54, 1.807) is 29.8 Å². The van der Waals surface area contributed by atoms with Gasteiger partial charge in [-0.25, -0.2) is 4.79 Å². The van der Waals surface area contributed by atoms with Gasteiger partial charge in [-0.3, -0.25) is 0 Å². The van der Waals surface area contributed by atoms with Crippen molar-refractivity contribution < 1.29 is 14.3 Å². The Labute approximate surface area is 130 Å². The number of hydrogen-bond donors (Lipinski definition) is 0. The van der Waals surface area contributed by atoms with E-state index in [4.69, 9.17) is 9.47 Å². The van der Waals surface area contributed by atoms with Crippen molar-refractivity contribution in [2.45, 2.75) is 43.3 Å². The number of ether oxygens (including phenoxy) is 2. The number of nitrogens with zero attached hydrogens (tertiary/aromatic N) is 1. The number of benzene rings is 1. The van der Waals surface area contributed by atoms with Crippen LogP contribution in [0, 0.1) is 0 Å². The number of carbonyl (C=O) groups is 1. The predicted octanol–water partition coefficient (Wildman–Crippen LogP) is 4.18. The maximum absolute atomic E-state index is 12.0. The summed E-state index contributed by atoms with van der Waals surface area (Å²) in [5.74, 6) is 1.07. The van der Waals surface area contributed by atoms with Crippen molar-refractivity contribution >= 4 is 17.9 Å². The number of carbonyl (C=O) groups excluding carboxylic acids is 1. The molecule has 0 radical (unpaired) electrons. The smallest absolute Gasteiger partial charge is 0.415 e. The van der Waals surface area contributed by atoms with Crippen LogP contribution in [0.3, 0.4) is 0 Å². The lowest BCUT2D eigenvalue weighted by Gasteiger charge is -2.19. The highest BCUT2D eigenvalue weighted by Crippen LogP contribution is 2.37. The number of thioether (sulfide) groups is 1. The standard InChI is InChI=1S/C16H23NO3S/c1-16(2,3)21-12-7-8-13(14(11-12)19-4)20-15(18)17-9-5-6-10-17/h7-8,11H,5-6,9-10H2,1-4H3. The van der Waals surface area contributed by atoms with Crippen molar-refractivity contribution in [1.82, 2.24) is 4.90 Å². The van der Waals surface area contributed by atoms with E-state index in [1.165, 1.54) is 0 Å². The van der Waals surface area contributed by atoms with Crippen molar-refractivity contribution in [3.63, 3.8) is 0 Å². The quantitative estimate of drug-likeness (QED) is 0.785. The Morgan fingerprint density at radius 3 is 2.43 bits per heavy atom. The van der Waals surface area contributed by atoms with Gasteiger partial charge in [0.25, 0.3) is 0 Å². The van der Waals surface area contributed by atoms with Gasteiger partial charge in [-0.2, -0.15) is 0 Å². The zero-order valence-electron chi connectivity index (χ0n) is 13.1. The molecule has 1 aromatic rings. The van der Waals surface area contributed by atoms with E-state index in [2.05, 4.69) is 20.8 Å². The van der Waals surface area contributed by atoms with Crippen LogP contribution >= 0.6 is 11.8 Å². The average molecular weight is 309 g/mol. The highest BCUT2D eigenvalue weighted by molar-refractivity contribution is 8.00. The van der Waals surface area contributed by atoms with Gasteiger partial charge in [0, 0.05) is 22.7 Å². The molecule has 1 saturated heterocycles. The summed E-state index contributed by atoms with van der Waals surface area (Å²) < 4.78 is 10.9. The van der Waals surface area contributed by atoms with Gasteiger partial charge in [-0.05, 0) is 31.0 Å². The first kappa shape index (κ1) is 16.0. The third-order valence-electron chi connectivity index (χ3n) is 3.12. The Kier molecular flexibility index (Phi) is 5.04. The molecule has 0 atom stereocenters. The Balaban J connectivity index is 2.10. The summed E-state index contributed by atoms with van der Waals surface area (Å²) in [5, 5.41) is 0. The maximum Gasteiger partial charge on any atom is 0.415 e. The van der Waals surface area contributed by atoms with E-state index in [-0.39, 0.29) is 10.8 Å². The van der Waals surface area contributed by atoms with E-state index in [0.717, 1.165) is 30.8 Å². The van der Waals surface area contributed by atoms with E-state index >= 15 is 0 Å². The highest BCUT2D eigenvalue weighted by Gasteiger charge is 2.21. The van der Waals surface area contributed by atoms with Crippen molar-refractivity contribution in [2.24, 2.45) is 0 Å². The third-order valence-corrected chi connectivity index (χ3v) is 4.22. The molecule has 4 nitrogen and oxygen atoms in total. The fraction of sp³-hybridized carbons (Fsp3) is 0.562. The minimum absolute atomic E-state index is 0.124. The first-order valence-electron chi connectivity index (χ1n) is 7.23. The number of likely N-dealkylation sites (tertiary alicyclic amines) is 1. The minimum atomic E-state index is -0.290. The van der Waals surface area contributed by atoms with Gasteiger partial charge in [0.15, 0.2) is 11.5 Å². The lowest BCUT2D eigenvalue weighted by Crippen LogP contribution is -2.30. The normalized spacial score (nSPS) is 15.1. The van der Waals surface area contributed by atoms with Crippen LogP contribution in [0.15, 0.2) is 23.1 Å². The topological polar surface area (TPSA) is 38.8 Å². The second-order valence-corrected chi connectivity index (χ2v) is 7.99. The Hall–Kier alpha value is -1.36. The summed E-state index contributed by atoms with van der Waals surface area (Å²) in [4.78, 5) is 14.9. The number of hydrogen-bond acceptors (Lipinski definition) is 4. The van der Waals surface area contributed by atoms with Gasteiger partial charge < -0.3 is 14.4 Å². The average Bonchev–Trinajstić information content (AvgIpc) is 2.92. The lowest BCUT2D eigenvalue weighted by molar-refractivity contribution is 0.161. The van der Waals surface area contributed by atoms with Crippen molar-refractivity contribution in [3.8, 4) is 11.5 Å². The van der Waals surface area contributed by atoms with Crippen molar-refractivity contribution in [2.75, 3.05) is 20.2 Å². The fourth-order valence-electron chi connectivity index (χ4n) is 2.21. The van der Waals surface area contributed by atoms with Gasteiger partial charge in [0.05, 0.1) is 7.11 Å². The summed E-state index contributed by atoms with van der Waals surface area (Å²) >= 11 is 1.75. The third kappa shape index (κ3) is 4.56. The van der Waals surface area contributed by atoms with E-state index < -0.39 is 0 Å². The molecule has 1 heterocycles. The molecule has 0 bridgehead atoms. The van der Waals surface area contributed by atoms with Crippen LogP contribution in [0.4, 0.5) is 4.79 Å². The Morgan fingerprint density at radius 1 is 1.19 bits per heavy atom.